The topological polar surface area (TPSA) is 35.6 Å². The molecule has 1 aliphatic heterocycles. The highest BCUT2D eigenvalue weighted by atomic mass is 19.4. The van der Waals surface area contributed by atoms with Gasteiger partial charge in [-0.15, -0.1) is 0 Å². The van der Waals surface area contributed by atoms with Gasteiger partial charge in [-0.2, -0.15) is 26.3 Å². The number of halogens is 8. The molecule has 0 saturated carbocycles. The molecule has 1 saturated heterocycles. The van der Waals surface area contributed by atoms with Crippen molar-refractivity contribution in [3.05, 3.63) is 64.7 Å². The van der Waals surface area contributed by atoms with Crippen molar-refractivity contribution >= 4 is 11.7 Å². The molecule has 2 aromatic carbocycles. The average Bonchev–Trinajstić information content (AvgIpc) is 3.20. The first kappa shape index (κ1) is 24.7. The fourth-order valence-corrected chi connectivity index (χ4v) is 3.81. The number of nitrogens with one attached hydrogen (secondary N) is 1. The summed E-state index contributed by atoms with van der Waals surface area (Å²) in [5.74, 6) is -2.22. The van der Waals surface area contributed by atoms with Gasteiger partial charge in [0.2, 0.25) is 0 Å². The zero-order valence-electron chi connectivity index (χ0n) is 17.4. The number of carbonyl (C=O) groups is 1. The van der Waals surface area contributed by atoms with Crippen LogP contribution in [0.15, 0.2) is 36.4 Å². The number of rotatable bonds is 3. The second kappa shape index (κ2) is 8.81. The summed E-state index contributed by atoms with van der Waals surface area (Å²) in [5.41, 5.74) is -3.58. The number of benzene rings is 2. The molecule has 0 aromatic heterocycles. The molecule has 33 heavy (non-hydrogen) atoms. The molecule has 2 unspecified atom stereocenters. The molecule has 0 radical (unpaired) electrons. The molecule has 1 fully saturated rings. The van der Waals surface area contributed by atoms with E-state index in [1.807, 2.05) is 0 Å². The van der Waals surface area contributed by atoms with Crippen LogP contribution < -0.4 is 10.2 Å². The first-order valence-corrected chi connectivity index (χ1v) is 9.66. The van der Waals surface area contributed by atoms with E-state index >= 15 is 0 Å². The van der Waals surface area contributed by atoms with Gasteiger partial charge in [0, 0.05) is 44.9 Å². The van der Waals surface area contributed by atoms with Crippen LogP contribution in [-0.4, -0.2) is 44.2 Å². The van der Waals surface area contributed by atoms with Crippen molar-refractivity contribution < 1.29 is 39.9 Å². The minimum absolute atomic E-state index is 0.0280. The average molecular weight is 481 g/mol. The predicted molar refractivity (Wildman–Crippen MR) is 104 cm³/mol. The summed E-state index contributed by atoms with van der Waals surface area (Å²) in [6.45, 7) is 0.421. The lowest BCUT2D eigenvalue weighted by molar-refractivity contribution is -0.143. The molecule has 0 bridgehead atoms. The summed E-state index contributed by atoms with van der Waals surface area (Å²) >= 11 is 0. The van der Waals surface area contributed by atoms with Crippen molar-refractivity contribution in [1.82, 2.24) is 10.2 Å². The van der Waals surface area contributed by atoms with Gasteiger partial charge in [-0.05, 0) is 29.8 Å². The lowest BCUT2D eigenvalue weighted by atomic mass is 9.93. The fraction of sp³-hybridized carbons (Fsp3) is 0.381. The minimum Gasteiger partial charge on any atom is -0.322 e. The molecule has 180 valence electrons. The molecular formula is C21H19F8N3O. The van der Waals surface area contributed by atoms with Gasteiger partial charge >= 0.3 is 18.4 Å². The third-order valence-electron chi connectivity index (χ3n) is 5.59. The van der Waals surface area contributed by atoms with Crippen LogP contribution in [0.4, 0.5) is 45.6 Å². The van der Waals surface area contributed by atoms with Crippen LogP contribution in [0.1, 0.15) is 22.6 Å². The van der Waals surface area contributed by atoms with Crippen molar-refractivity contribution in [2.24, 2.45) is 0 Å². The third-order valence-corrected chi connectivity index (χ3v) is 5.59. The van der Waals surface area contributed by atoms with Crippen LogP contribution in [0.5, 0.6) is 0 Å². The van der Waals surface area contributed by atoms with E-state index in [9.17, 15) is 39.9 Å². The molecule has 1 heterocycles. The highest BCUT2D eigenvalue weighted by Gasteiger charge is 2.39. The van der Waals surface area contributed by atoms with Crippen LogP contribution in [0, 0.1) is 11.6 Å². The Morgan fingerprint density at radius 2 is 1.48 bits per heavy atom. The summed E-state index contributed by atoms with van der Waals surface area (Å²) in [6, 6.07) is 2.27. The van der Waals surface area contributed by atoms with Gasteiger partial charge in [-0.1, -0.05) is 6.07 Å². The van der Waals surface area contributed by atoms with Gasteiger partial charge in [-0.3, -0.25) is 4.90 Å². The smallest absolute Gasteiger partial charge is 0.322 e. The lowest BCUT2D eigenvalue weighted by Gasteiger charge is -2.33. The zero-order valence-corrected chi connectivity index (χ0v) is 17.4. The van der Waals surface area contributed by atoms with Gasteiger partial charge in [-0.25, -0.2) is 13.6 Å². The van der Waals surface area contributed by atoms with Crippen molar-refractivity contribution in [2.75, 3.05) is 32.1 Å². The summed E-state index contributed by atoms with van der Waals surface area (Å²) in [4.78, 5) is 14.8. The van der Waals surface area contributed by atoms with Crippen LogP contribution in [0.3, 0.4) is 0 Å². The number of hydrogen-bond acceptors (Lipinski definition) is 2. The Morgan fingerprint density at radius 1 is 0.909 bits per heavy atom. The predicted octanol–water partition coefficient (Wildman–Crippen LogP) is 5.25. The quantitative estimate of drug-likeness (QED) is 0.609. The van der Waals surface area contributed by atoms with Gasteiger partial charge < -0.3 is 10.2 Å². The summed E-state index contributed by atoms with van der Waals surface area (Å²) < 4.78 is 106. The Morgan fingerprint density at radius 3 is 2.00 bits per heavy atom. The van der Waals surface area contributed by atoms with E-state index in [4.69, 9.17) is 0 Å². The standard InChI is InChI=1S/C21H19F8N3O/c1-31(14-6-11(20(24,25)26)5-12(7-14)21(27,28)29)19(33)32(2)18-10-30-9-16(18)15-4-3-13(22)8-17(15)23/h3-8,16,18,30H,9-10H2,1-2H3. The molecule has 1 N–H and O–H groups in total. The molecule has 2 aromatic rings. The largest absolute Gasteiger partial charge is 0.416 e. The monoisotopic (exact) mass is 481 g/mol. The summed E-state index contributed by atoms with van der Waals surface area (Å²) in [7, 11) is 2.35. The summed E-state index contributed by atoms with van der Waals surface area (Å²) in [6.07, 6.45) is -10.1. The Labute approximate surface area is 183 Å². The number of likely N-dealkylation sites (N-methyl/N-ethyl adjacent to an activating group) is 1. The van der Waals surface area contributed by atoms with Gasteiger partial charge in [0.25, 0.3) is 0 Å². The Hall–Kier alpha value is -2.89. The van der Waals surface area contributed by atoms with Crippen LogP contribution in [0.2, 0.25) is 0 Å². The molecule has 12 heteroatoms. The van der Waals surface area contributed by atoms with Crippen molar-refractivity contribution in [2.45, 2.75) is 24.3 Å². The highest BCUT2D eigenvalue weighted by molar-refractivity contribution is 5.92. The second-order valence-electron chi connectivity index (χ2n) is 7.71. The first-order chi connectivity index (χ1) is 15.2. The van der Waals surface area contributed by atoms with E-state index < -0.39 is 58.8 Å². The SMILES string of the molecule is CN(C(=O)N(C)C1CNCC1c1ccc(F)cc1F)c1cc(C(F)(F)F)cc(C(F)(F)F)c1. The number of urea groups is 1. The van der Waals surface area contributed by atoms with Gasteiger partial charge in [0.1, 0.15) is 11.6 Å². The number of nitrogens with zero attached hydrogens (tertiary/aromatic N) is 2. The number of amides is 2. The van der Waals surface area contributed by atoms with Crippen LogP contribution >= 0.6 is 0 Å². The molecule has 2 atom stereocenters. The maximum Gasteiger partial charge on any atom is 0.416 e. The van der Waals surface area contributed by atoms with E-state index in [-0.39, 0.29) is 24.7 Å². The normalized spacial score (nSPS) is 19.0. The Kier molecular flexibility index (Phi) is 6.60. The van der Waals surface area contributed by atoms with Crippen LogP contribution in [0.25, 0.3) is 0 Å². The fourth-order valence-electron chi connectivity index (χ4n) is 3.81. The number of hydrogen-bond donors (Lipinski definition) is 1. The summed E-state index contributed by atoms with van der Waals surface area (Å²) in [5, 5.41) is 2.96. The van der Waals surface area contributed by atoms with E-state index in [1.165, 1.54) is 13.1 Å². The molecule has 1 aliphatic rings. The van der Waals surface area contributed by atoms with E-state index in [0.717, 1.165) is 18.0 Å². The van der Waals surface area contributed by atoms with Gasteiger partial charge in [0.05, 0.1) is 17.2 Å². The first-order valence-electron chi connectivity index (χ1n) is 9.66. The number of alkyl halides is 6. The number of anilines is 1. The van der Waals surface area contributed by atoms with Crippen molar-refractivity contribution in [3.63, 3.8) is 0 Å². The Bertz CT molecular complexity index is 1000. The van der Waals surface area contributed by atoms with Crippen molar-refractivity contribution in [3.8, 4) is 0 Å². The second-order valence-corrected chi connectivity index (χ2v) is 7.71. The van der Waals surface area contributed by atoms with Gasteiger partial charge in [0.15, 0.2) is 0 Å². The molecule has 0 aliphatic carbocycles. The maximum absolute atomic E-state index is 14.3. The Balaban J connectivity index is 1.91. The van der Waals surface area contributed by atoms with E-state index in [2.05, 4.69) is 5.32 Å². The minimum atomic E-state index is -5.06. The van der Waals surface area contributed by atoms with Crippen LogP contribution in [-0.2, 0) is 12.4 Å². The maximum atomic E-state index is 14.3. The molecule has 2 amide bonds. The number of carbonyl (C=O) groups excluding carboxylic acids is 1. The highest BCUT2D eigenvalue weighted by Crippen LogP contribution is 2.38. The zero-order chi connectivity index (χ0) is 24.7. The molecule has 0 spiro atoms. The van der Waals surface area contributed by atoms with E-state index in [0.29, 0.717) is 23.1 Å². The third kappa shape index (κ3) is 5.21. The lowest BCUT2D eigenvalue weighted by Crippen LogP contribution is -2.47. The van der Waals surface area contributed by atoms with Crippen molar-refractivity contribution in [1.29, 1.82) is 0 Å². The van der Waals surface area contributed by atoms with E-state index in [1.54, 1.807) is 0 Å². The molecule has 4 nitrogen and oxygen atoms in total. The molecule has 3 rings (SSSR count). The molecular weight excluding hydrogens is 462 g/mol.